The summed E-state index contributed by atoms with van der Waals surface area (Å²) in [5, 5.41) is 17.0. The minimum atomic E-state index is 0.0555. The molecule has 0 atom stereocenters. The van der Waals surface area contributed by atoms with Crippen LogP contribution in [0.25, 0.3) is 0 Å². The molecule has 20 heavy (non-hydrogen) atoms. The molecule has 0 saturated heterocycles. The van der Waals surface area contributed by atoms with E-state index in [1.54, 1.807) is 0 Å². The number of aromatic nitrogens is 1. The molecule has 1 aliphatic carbocycles. The van der Waals surface area contributed by atoms with Crippen LogP contribution in [0.2, 0.25) is 0 Å². The van der Waals surface area contributed by atoms with Crippen LogP contribution in [0.4, 0.5) is 5.82 Å². The zero-order valence-electron chi connectivity index (χ0n) is 12.2. The molecule has 1 aliphatic rings. The molecule has 1 aromatic rings. The molecule has 0 amide bonds. The predicted molar refractivity (Wildman–Crippen MR) is 81.5 cm³/mol. The number of nitrogens with zero attached hydrogens (tertiary/aromatic N) is 2. The van der Waals surface area contributed by atoms with Gasteiger partial charge in [0.15, 0.2) is 0 Å². The normalized spacial score (nSPS) is 13.9. The fourth-order valence-electron chi connectivity index (χ4n) is 2.78. The average molecular weight is 276 g/mol. The standard InChI is InChI=1S/C15H24N4O/c1-2-7-19(8-9-20)15-12(14(16)17)10-11-5-3-4-6-13(11)18-15/h10,20H,2-9H2,1H3,(H3,16,17). The second kappa shape index (κ2) is 6.70. The van der Waals surface area contributed by atoms with Gasteiger partial charge >= 0.3 is 0 Å². The summed E-state index contributed by atoms with van der Waals surface area (Å²) in [5.41, 5.74) is 8.80. The lowest BCUT2D eigenvalue weighted by atomic mass is 9.94. The lowest BCUT2D eigenvalue weighted by Crippen LogP contribution is -2.32. The molecule has 5 nitrogen and oxygen atoms in total. The Kier molecular flexibility index (Phi) is 4.95. The highest BCUT2D eigenvalue weighted by Gasteiger charge is 2.19. The molecule has 4 N–H and O–H groups in total. The van der Waals surface area contributed by atoms with Crippen LogP contribution in [0, 0.1) is 5.41 Å². The van der Waals surface area contributed by atoms with E-state index in [0.717, 1.165) is 37.3 Å². The van der Waals surface area contributed by atoms with Gasteiger partial charge in [-0.25, -0.2) is 4.98 Å². The van der Waals surface area contributed by atoms with Crippen LogP contribution < -0.4 is 10.6 Å². The summed E-state index contributed by atoms with van der Waals surface area (Å²) in [7, 11) is 0. The first-order valence-electron chi connectivity index (χ1n) is 7.40. The van der Waals surface area contributed by atoms with Crippen molar-refractivity contribution in [1.29, 1.82) is 5.41 Å². The maximum Gasteiger partial charge on any atom is 0.139 e. The minimum Gasteiger partial charge on any atom is -0.395 e. The van der Waals surface area contributed by atoms with Gasteiger partial charge in [0, 0.05) is 18.8 Å². The van der Waals surface area contributed by atoms with E-state index in [1.165, 1.54) is 18.4 Å². The molecule has 110 valence electrons. The van der Waals surface area contributed by atoms with E-state index >= 15 is 0 Å². The maximum atomic E-state index is 9.24. The van der Waals surface area contributed by atoms with Gasteiger partial charge in [0.2, 0.25) is 0 Å². The summed E-state index contributed by atoms with van der Waals surface area (Å²) in [6.07, 6.45) is 5.35. The summed E-state index contributed by atoms with van der Waals surface area (Å²) >= 11 is 0. The predicted octanol–water partition coefficient (Wildman–Crippen LogP) is 1.45. The molecule has 0 aliphatic heterocycles. The topological polar surface area (TPSA) is 86.2 Å². The summed E-state index contributed by atoms with van der Waals surface area (Å²) in [6, 6.07) is 2.03. The average Bonchev–Trinajstić information content (AvgIpc) is 2.45. The SMILES string of the molecule is CCCN(CCO)c1nc2c(cc1C(=N)N)CCCC2. The maximum absolute atomic E-state index is 9.24. The highest BCUT2D eigenvalue weighted by Crippen LogP contribution is 2.26. The summed E-state index contributed by atoms with van der Waals surface area (Å²) in [4.78, 5) is 6.80. The molecule has 0 fully saturated rings. The number of aliphatic hydroxyl groups excluding tert-OH is 1. The van der Waals surface area contributed by atoms with Crippen molar-refractivity contribution in [3.05, 3.63) is 22.9 Å². The number of nitrogens with two attached hydrogens (primary N) is 1. The van der Waals surface area contributed by atoms with E-state index in [4.69, 9.17) is 16.1 Å². The summed E-state index contributed by atoms with van der Waals surface area (Å²) < 4.78 is 0. The van der Waals surface area contributed by atoms with Crippen LogP contribution in [0.15, 0.2) is 6.07 Å². The van der Waals surface area contributed by atoms with E-state index in [-0.39, 0.29) is 12.4 Å². The van der Waals surface area contributed by atoms with Gasteiger partial charge in [-0.15, -0.1) is 0 Å². The van der Waals surface area contributed by atoms with E-state index in [1.807, 2.05) is 11.0 Å². The van der Waals surface area contributed by atoms with Crippen LogP contribution in [0.5, 0.6) is 0 Å². The number of aliphatic hydroxyl groups is 1. The molecular weight excluding hydrogens is 252 g/mol. The Morgan fingerprint density at radius 2 is 2.15 bits per heavy atom. The van der Waals surface area contributed by atoms with Crippen molar-refractivity contribution in [3.8, 4) is 0 Å². The van der Waals surface area contributed by atoms with Crippen molar-refractivity contribution in [3.63, 3.8) is 0 Å². The molecule has 0 saturated carbocycles. The monoisotopic (exact) mass is 276 g/mol. The summed E-state index contributed by atoms with van der Waals surface area (Å²) in [6.45, 7) is 3.51. The Labute approximate surface area is 120 Å². The fraction of sp³-hybridized carbons (Fsp3) is 0.600. The van der Waals surface area contributed by atoms with Crippen LogP contribution in [-0.2, 0) is 12.8 Å². The van der Waals surface area contributed by atoms with E-state index in [2.05, 4.69) is 6.92 Å². The minimum absolute atomic E-state index is 0.0555. The number of nitrogen functional groups attached to an aromatic ring is 1. The van der Waals surface area contributed by atoms with Gasteiger partial charge in [0.25, 0.3) is 0 Å². The van der Waals surface area contributed by atoms with Crippen molar-refractivity contribution in [2.75, 3.05) is 24.6 Å². The van der Waals surface area contributed by atoms with Gasteiger partial charge < -0.3 is 15.7 Å². The van der Waals surface area contributed by atoms with Gasteiger partial charge in [-0.1, -0.05) is 6.92 Å². The van der Waals surface area contributed by atoms with Crippen LogP contribution in [0.3, 0.4) is 0 Å². The van der Waals surface area contributed by atoms with Crippen molar-refractivity contribution < 1.29 is 5.11 Å². The number of hydrogen-bond acceptors (Lipinski definition) is 4. The Morgan fingerprint density at radius 3 is 2.80 bits per heavy atom. The first kappa shape index (κ1) is 14.8. The fourth-order valence-corrected chi connectivity index (χ4v) is 2.78. The summed E-state index contributed by atoms with van der Waals surface area (Å²) in [5.74, 6) is 0.814. The van der Waals surface area contributed by atoms with E-state index in [0.29, 0.717) is 12.1 Å². The zero-order valence-corrected chi connectivity index (χ0v) is 12.2. The zero-order chi connectivity index (χ0) is 14.5. The van der Waals surface area contributed by atoms with Crippen molar-refractivity contribution in [2.45, 2.75) is 39.0 Å². The number of aryl methyl sites for hydroxylation is 2. The quantitative estimate of drug-likeness (QED) is 0.542. The van der Waals surface area contributed by atoms with Gasteiger partial charge in [-0.2, -0.15) is 0 Å². The van der Waals surface area contributed by atoms with Gasteiger partial charge in [-0.05, 0) is 43.7 Å². The third-order valence-electron chi connectivity index (χ3n) is 3.73. The van der Waals surface area contributed by atoms with Crippen LogP contribution in [-0.4, -0.2) is 35.6 Å². The largest absolute Gasteiger partial charge is 0.395 e. The molecule has 0 bridgehead atoms. The van der Waals surface area contributed by atoms with Crippen molar-refractivity contribution >= 4 is 11.7 Å². The number of anilines is 1. The van der Waals surface area contributed by atoms with Gasteiger partial charge in [-0.3, -0.25) is 5.41 Å². The van der Waals surface area contributed by atoms with Crippen molar-refractivity contribution in [2.24, 2.45) is 5.73 Å². The Bertz CT molecular complexity index is 481. The highest BCUT2D eigenvalue weighted by molar-refractivity contribution is 5.99. The van der Waals surface area contributed by atoms with Crippen molar-refractivity contribution in [1.82, 2.24) is 4.98 Å². The smallest absolute Gasteiger partial charge is 0.139 e. The Balaban J connectivity index is 2.45. The lowest BCUT2D eigenvalue weighted by Gasteiger charge is -2.27. The second-order valence-corrected chi connectivity index (χ2v) is 5.30. The first-order valence-corrected chi connectivity index (χ1v) is 7.40. The Morgan fingerprint density at radius 1 is 1.40 bits per heavy atom. The third-order valence-corrected chi connectivity index (χ3v) is 3.73. The molecule has 0 spiro atoms. The molecule has 1 aromatic heterocycles. The molecule has 5 heteroatoms. The Hall–Kier alpha value is -1.62. The number of fused-ring (bicyclic) bond motifs is 1. The number of amidine groups is 1. The van der Waals surface area contributed by atoms with E-state index in [9.17, 15) is 5.11 Å². The molecule has 0 aromatic carbocycles. The van der Waals surface area contributed by atoms with Crippen LogP contribution in [0.1, 0.15) is 43.0 Å². The molecule has 2 rings (SSSR count). The molecule has 0 unspecified atom stereocenters. The number of pyridine rings is 1. The van der Waals surface area contributed by atoms with Gasteiger partial charge in [0.05, 0.1) is 12.2 Å². The number of nitrogens with one attached hydrogen (secondary N) is 1. The van der Waals surface area contributed by atoms with Crippen LogP contribution >= 0.6 is 0 Å². The molecule has 1 heterocycles. The highest BCUT2D eigenvalue weighted by atomic mass is 16.3. The third kappa shape index (κ3) is 3.10. The first-order chi connectivity index (χ1) is 9.67. The second-order valence-electron chi connectivity index (χ2n) is 5.30. The van der Waals surface area contributed by atoms with Gasteiger partial charge in [0.1, 0.15) is 11.7 Å². The molecule has 0 radical (unpaired) electrons. The molecular formula is C15H24N4O. The number of rotatable bonds is 6. The lowest BCUT2D eigenvalue weighted by molar-refractivity contribution is 0.301. The number of hydrogen-bond donors (Lipinski definition) is 3. The van der Waals surface area contributed by atoms with E-state index < -0.39 is 0 Å².